The van der Waals surface area contributed by atoms with Crippen LogP contribution in [0.2, 0.25) is 5.02 Å². The van der Waals surface area contributed by atoms with Gasteiger partial charge < -0.3 is 26.3 Å². The topological polar surface area (TPSA) is 179 Å². The summed E-state index contributed by atoms with van der Waals surface area (Å²) >= 11 is 5.97. The molecule has 13 heteroatoms. The molecule has 3 atom stereocenters. The molecule has 0 spiro atoms. The third kappa shape index (κ3) is 5.45. The Morgan fingerprint density at radius 3 is 2.65 bits per heavy atom. The molecule has 5 N–H and O–H groups in total. The summed E-state index contributed by atoms with van der Waals surface area (Å²) in [5.41, 5.74) is 6.10. The standard InChI is InChI=1S/C21H24ClN5O7/c22-13-8-11(3-4-14(13)23)19(32)25-15-5-6-17(29)26-7-1-2-16(27(26)21(15)34)20(33)24-12(10-28)9-18(30)31/h3-4,8,10,12,15-16H,1-2,5-7,9,23H2,(H,24,33)(H,25,32)(H,30,31). The second kappa shape index (κ2) is 10.5. The Kier molecular flexibility index (Phi) is 7.72. The van der Waals surface area contributed by atoms with E-state index in [4.69, 9.17) is 22.4 Å². The van der Waals surface area contributed by atoms with Crippen LogP contribution >= 0.6 is 11.6 Å². The maximum absolute atomic E-state index is 13.4. The second-order valence-corrected chi connectivity index (χ2v) is 8.41. The lowest BCUT2D eigenvalue weighted by atomic mass is 10.0. The molecule has 2 aliphatic heterocycles. The van der Waals surface area contributed by atoms with Gasteiger partial charge in [0.25, 0.3) is 11.8 Å². The molecule has 3 unspecified atom stereocenters. The van der Waals surface area contributed by atoms with Crippen molar-refractivity contribution >= 4 is 53.2 Å². The molecule has 2 aliphatic rings. The number of carboxylic acids is 1. The first kappa shape index (κ1) is 25.0. The van der Waals surface area contributed by atoms with E-state index in [1.165, 1.54) is 23.2 Å². The molecule has 2 saturated heterocycles. The van der Waals surface area contributed by atoms with Crippen molar-refractivity contribution in [1.82, 2.24) is 20.7 Å². The van der Waals surface area contributed by atoms with Gasteiger partial charge >= 0.3 is 5.97 Å². The number of nitrogens with zero attached hydrogens (tertiary/aromatic N) is 2. The molecule has 0 saturated carbocycles. The Morgan fingerprint density at radius 2 is 2.00 bits per heavy atom. The molecule has 1 aromatic rings. The second-order valence-electron chi connectivity index (χ2n) is 8.01. The Balaban J connectivity index is 1.82. The quantitative estimate of drug-likeness (QED) is 0.295. The number of aldehydes is 1. The van der Waals surface area contributed by atoms with Crippen LogP contribution in [0.25, 0.3) is 0 Å². The highest BCUT2D eigenvalue weighted by molar-refractivity contribution is 6.33. The van der Waals surface area contributed by atoms with Gasteiger partial charge in [-0.2, -0.15) is 0 Å². The molecule has 0 radical (unpaired) electrons. The number of halogens is 1. The number of carboxylic acid groups (broad SMARTS) is 1. The normalized spacial score (nSPS) is 21.2. The van der Waals surface area contributed by atoms with Gasteiger partial charge in [0.15, 0.2) is 0 Å². The van der Waals surface area contributed by atoms with Crippen molar-refractivity contribution in [1.29, 1.82) is 0 Å². The number of nitrogens with one attached hydrogen (secondary N) is 2. The Bertz CT molecular complexity index is 1030. The number of hydrogen-bond donors (Lipinski definition) is 4. The van der Waals surface area contributed by atoms with Crippen LogP contribution in [0.4, 0.5) is 5.69 Å². The van der Waals surface area contributed by atoms with E-state index in [1.54, 1.807) is 0 Å². The van der Waals surface area contributed by atoms with Crippen molar-refractivity contribution in [3.63, 3.8) is 0 Å². The van der Waals surface area contributed by atoms with Crippen LogP contribution in [0.15, 0.2) is 18.2 Å². The van der Waals surface area contributed by atoms with Crippen molar-refractivity contribution < 1.29 is 33.9 Å². The third-order valence-electron chi connectivity index (χ3n) is 5.62. The molecule has 3 rings (SSSR count). The lowest BCUT2D eigenvalue weighted by Gasteiger charge is -2.43. The number of hydrogen-bond acceptors (Lipinski definition) is 7. The maximum atomic E-state index is 13.4. The monoisotopic (exact) mass is 493 g/mol. The van der Waals surface area contributed by atoms with Crippen LogP contribution < -0.4 is 16.4 Å². The zero-order valence-electron chi connectivity index (χ0n) is 18.0. The van der Waals surface area contributed by atoms with Gasteiger partial charge in [0, 0.05) is 18.5 Å². The minimum Gasteiger partial charge on any atom is -0.481 e. The molecular weight excluding hydrogens is 470 g/mol. The number of carbonyl (C=O) groups is 6. The fourth-order valence-corrected chi connectivity index (χ4v) is 4.10. The van der Waals surface area contributed by atoms with Crippen LogP contribution in [-0.2, 0) is 24.0 Å². The van der Waals surface area contributed by atoms with Gasteiger partial charge in [0.1, 0.15) is 18.4 Å². The first-order valence-electron chi connectivity index (χ1n) is 10.6. The lowest BCUT2D eigenvalue weighted by molar-refractivity contribution is -0.176. The van der Waals surface area contributed by atoms with Gasteiger partial charge in [-0.25, -0.2) is 5.01 Å². The summed E-state index contributed by atoms with van der Waals surface area (Å²) in [4.78, 5) is 73.8. The average Bonchev–Trinajstić information content (AvgIpc) is 2.92. The minimum absolute atomic E-state index is 0.0173. The van der Waals surface area contributed by atoms with Crippen LogP contribution in [0, 0.1) is 0 Å². The fraction of sp³-hybridized carbons (Fsp3) is 0.429. The molecule has 2 heterocycles. The Hall–Kier alpha value is -3.67. The number of aliphatic carboxylic acids is 1. The fourth-order valence-electron chi connectivity index (χ4n) is 3.92. The molecular formula is C21H24ClN5O7. The average molecular weight is 494 g/mol. The summed E-state index contributed by atoms with van der Waals surface area (Å²) < 4.78 is 0. The number of benzene rings is 1. The van der Waals surface area contributed by atoms with Crippen LogP contribution in [-0.4, -0.2) is 75.7 Å². The number of carbonyl (C=O) groups excluding carboxylic acids is 5. The number of nitrogen functional groups attached to an aromatic ring is 1. The predicted molar refractivity (Wildman–Crippen MR) is 118 cm³/mol. The highest BCUT2D eigenvalue weighted by Gasteiger charge is 2.45. The maximum Gasteiger partial charge on any atom is 0.305 e. The molecule has 182 valence electrons. The largest absolute Gasteiger partial charge is 0.481 e. The highest BCUT2D eigenvalue weighted by atomic mass is 35.5. The van der Waals surface area contributed by atoms with Gasteiger partial charge in [-0.15, -0.1) is 0 Å². The van der Waals surface area contributed by atoms with Gasteiger partial charge in [-0.05, 0) is 37.5 Å². The molecule has 1 aromatic carbocycles. The first-order chi connectivity index (χ1) is 16.1. The third-order valence-corrected chi connectivity index (χ3v) is 5.95. The summed E-state index contributed by atoms with van der Waals surface area (Å²) in [5, 5.41) is 16.2. The van der Waals surface area contributed by atoms with E-state index in [1.807, 2.05) is 0 Å². The first-order valence-corrected chi connectivity index (χ1v) is 11.0. The van der Waals surface area contributed by atoms with E-state index >= 15 is 0 Å². The van der Waals surface area contributed by atoms with Gasteiger partial charge in [0.2, 0.25) is 11.8 Å². The molecule has 12 nitrogen and oxygen atoms in total. The van der Waals surface area contributed by atoms with Gasteiger partial charge in [-0.1, -0.05) is 11.6 Å². The minimum atomic E-state index is -1.29. The van der Waals surface area contributed by atoms with Crippen molar-refractivity contribution in [2.75, 3.05) is 12.3 Å². The summed E-state index contributed by atoms with van der Waals surface area (Å²) in [6, 6.07) is 0.697. The molecule has 4 amide bonds. The summed E-state index contributed by atoms with van der Waals surface area (Å²) in [6.07, 6.45) is 0.251. The Labute approximate surface area is 199 Å². The zero-order chi connectivity index (χ0) is 25.0. The zero-order valence-corrected chi connectivity index (χ0v) is 18.8. The van der Waals surface area contributed by atoms with Gasteiger partial charge in [0.05, 0.1) is 23.2 Å². The molecule has 0 bridgehead atoms. The van der Waals surface area contributed by atoms with Crippen molar-refractivity contribution in [3.05, 3.63) is 28.8 Å². The SMILES string of the molecule is Nc1ccc(C(=O)NC2CCC(=O)N3CCCC(C(=O)NC(C=O)CC(=O)O)N3C2=O)cc1Cl. The highest BCUT2D eigenvalue weighted by Crippen LogP contribution is 2.26. The van der Waals surface area contributed by atoms with Crippen molar-refractivity contribution in [2.24, 2.45) is 0 Å². The van der Waals surface area contributed by atoms with Crippen LogP contribution in [0.5, 0.6) is 0 Å². The summed E-state index contributed by atoms with van der Waals surface area (Å²) in [5.74, 6) is -3.71. The van der Waals surface area contributed by atoms with Crippen molar-refractivity contribution in [2.45, 2.75) is 50.2 Å². The summed E-state index contributed by atoms with van der Waals surface area (Å²) in [7, 11) is 0. The number of rotatable bonds is 7. The van der Waals surface area contributed by atoms with E-state index < -0.39 is 54.1 Å². The van der Waals surface area contributed by atoms with E-state index in [0.717, 1.165) is 5.01 Å². The summed E-state index contributed by atoms with van der Waals surface area (Å²) in [6.45, 7) is 0.203. The molecule has 2 fully saturated rings. The van der Waals surface area contributed by atoms with Crippen molar-refractivity contribution in [3.8, 4) is 0 Å². The lowest BCUT2D eigenvalue weighted by Crippen LogP contribution is -2.64. The molecule has 0 aliphatic carbocycles. The molecule has 34 heavy (non-hydrogen) atoms. The number of anilines is 1. The predicted octanol–water partition coefficient (Wildman–Crippen LogP) is -0.293. The van der Waals surface area contributed by atoms with E-state index in [0.29, 0.717) is 12.7 Å². The number of nitrogens with two attached hydrogens (primary N) is 1. The van der Waals surface area contributed by atoms with E-state index in [9.17, 15) is 28.8 Å². The number of amides is 4. The van der Waals surface area contributed by atoms with Crippen LogP contribution in [0.1, 0.15) is 42.5 Å². The van der Waals surface area contributed by atoms with Gasteiger partial charge in [-0.3, -0.25) is 29.0 Å². The van der Waals surface area contributed by atoms with Crippen LogP contribution in [0.3, 0.4) is 0 Å². The Morgan fingerprint density at radius 1 is 1.26 bits per heavy atom. The number of fused-ring (bicyclic) bond motifs is 1. The smallest absolute Gasteiger partial charge is 0.305 e. The molecule has 0 aromatic heterocycles. The van der Waals surface area contributed by atoms with E-state index in [2.05, 4.69) is 10.6 Å². The van der Waals surface area contributed by atoms with E-state index in [-0.39, 0.29) is 42.1 Å². The number of hydrazine groups is 1.